The molecule has 0 saturated heterocycles. The molecule has 3 nitrogen and oxygen atoms in total. The minimum Gasteiger partial charge on any atom is -0.479 e. The first-order valence-corrected chi connectivity index (χ1v) is 6.37. The lowest BCUT2D eigenvalue weighted by Crippen LogP contribution is -2.37. The van der Waals surface area contributed by atoms with Crippen molar-refractivity contribution in [3.05, 3.63) is 60.4 Å². The van der Waals surface area contributed by atoms with E-state index in [2.05, 4.69) is 11.9 Å². The monoisotopic (exact) mass is 261 g/mol. The van der Waals surface area contributed by atoms with Crippen LogP contribution >= 0.6 is 0 Å². The molecule has 0 heterocycles. The normalized spacial score (nSPS) is 14.9. The predicted octanol–water partition coefficient (Wildman–Crippen LogP) is 3.59. The van der Waals surface area contributed by atoms with Gasteiger partial charge in [0.1, 0.15) is 6.04 Å². The standard InChI is InChI=1S/C16H23NO2/c1-5-9-11-13(7-3)15(16(18)19)17-14(8-4)12-10-6-2/h5-6,8-12,15,17H,2,7H2,1,3-4H3,(H,18,19)/b9-5-,12-10-,13-11+,14-8+/t15-/m1/s1. The molecule has 0 fully saturated rings. The van der Waals surface area contributed by atoms with Crippen LogP contribution in [0, 0.1) is 0 Å². The molecule has 0 amide bonds. The fourth-order valence-corrected chi connectivity index (χ4v) is 1.52. The zero-order chi connectivity index (χ0) is 14.7. The maximum Gasteiger partial charge on any atom is 0.330 e. The van der Waals surface area contributed by atoms with Crippen molar-refractivity contribution in [2.75, 3.05) is 0 Å². The lowest BCUT2D eigenvalue weighted by molar-refractivity contribution is -0.138. The van der Waals surface area contributed by atoms with Crippen LogP contribution in [-0.4, -0.2) is 17.1 Å². The van der Waals surface area contributed by atoms with E-state index >= 15 is 0 Å². The van der Waals surface area contributed by atoms with Gasteiger partial charge in [-0.1, -0.05) is 50.0 Å². The van der Waals surface area contributed by atoms with Crippen LogP contribution < -0.4 is 5.32 Å². The number of carboxylic acid groups (broad SMARTS) is 1. The summed E-state index contributed by atoms with van der Waals surface area (Å²) >= 11 is 0. The number of rotatable bonds is 8. The van der Waals surface area contributed by atoms with Crippen LogP contribution in [-0.2, 0) is 4.79 Å². The van der Waals surface area contributed by atoms with Gasteiger partial charge < -0.3 is 10.4 Å². The summed E-state index contributed by atoms with van der Waals surface area (Å²) in [4.78, 5) is 11.4. The van der Waals surface area contributed by atoms with Crippen molar-refractivity contribution in [2.24, 2.45) is 0 Å². The molecule has 0 radical (unpaired) electrons. The van der Waals surface area contributed by atoms with Crippen molar-refractivity contribution < 1.29 is 9.90 Å². The topological polar surface area (TPSA) is 49.3 Å². The van der Waals surface area contributed by atoms with Crippen LogP contribution in [0.5, 0.6) is 0 Å². The first-order valence-electron chi connectivity index (χ1n) is 6.37. The van der Waals surface area contributed by atoms with Crippen molar-refractivity contribution in [3.8, 4) is 0 Å². The fraction of sp³-hybridized carbons (Fsp3) is 0.312. The zero-order valence-corrected chi connectivity index (χ0v) is 11.9. The number of allylic oxidation sites excluding steroid dienone is 7. The highest BCUT2D eigenvalue weighted by Gasteiger charge is 2.20. The maximum atomic E-state index is 11.4. The first kappa shape index (κ1) is 17.0. The third-order valence-electron chi connectivity index (χ3n) is 2.56. The molecular weight excluding hydrogens is 238 g/mol. The Balaban J connectivity index is 5.16. The van der Waals surface area contributed by atoms with Gasteiger partial charge in [0.25, 0.3) is 0 Å². The Labute approximate surface area is 115 Å². The summed E-state index contributed by atoms with van der Waals surface area (Å²) < 4.78 is 0. The summed E-state index contributed by atoms with van der Waals surface area (Å²) in [7, 11) is 0. The van der Waals surface area contributed by atoms with Crippen molar-refractivity contribution in [3.63, 3.8) is 0 Å². The average molecular weight is 261 g/mol. The van der Waals surface area contributed by atoms with Crippen molar-refractivity contribution in [1.82, 2.24) is 5.32 Å². The molecule has 2 N–H and O–H groups in total. The van der Waals surface area contributed by atoms with Crippen LogP contribution in [0.15, 0.2) is 60.4 Å². The highest BCUT2D eigenvalue weighted by atomic mass is 16.4. The van der Waals surface area contributed by atoms with Gasteiger partial charge >= 0.3 is 5.97 Å². The SMILES string of the molecule is C=C/C=C\C(=C/C)N[C@@H](C(=O)O)/C(=C/C=C\C)CC. The maximum absolute atomic E-state index is 11.4. The number of carboxylic acids is 1. The van der Waals surface area contributed by atoms with Crippen LogP contribution in [0.1, 0.15) is 27.2 Å². The molecule has 0 aromatic carbocycles. The molecular formula is C16H23NO2. The van der Waals surface area contributed by atoms with Gasteiger partial charge in [0.05, 0.1) is 0 Å². The molecule has 0 saturated carbocycles. The molecule has 0 spiro atoms. The first-order chi connectivity index (χ1) is 9.10. The molecule has 0 aliphatic carbocycles. The Kier molecular flexibility index (Phi) is 8.88. The minimum atomic E-state index is -0.885. The number of nitrogens with one attached hydrogen (secondary N) is 1. The Hall–Kier alpha value is -2.03. The second-order valence-electron chi connectivity index (χ2n) is 3.88. The summed E-state index contributed by atoms with van der Waals surface area (Å²) in [5.41, 5.74) is 1.59. The second-order valence-corrected chi connectivity index (χ2v) is 3.88. The summed E-state index contributed by atoms with van der Waals surface area (Å²) in [6.07, 6.45) is 13.3. The van der Waals surface area contributed by atoms with Crippen LogP contribution in [0.3, 0.4) is 0 Å². The smallest absolute Gasteiger partial charge is 0.330 e. The molecule has 3 heteroatoms. The Morgan fingerprint density at radius 3 is 2.47 bits per heavy atom. The van der Waals surface area contributed by atoms with Crippen molar-refractivity contribution in [1.29, 1.82) is 0 Å². The quantitative estimate of drug-likeness (QED) is 0.656. The van der Waals surface area contributed by atoms with E-state index < -0.39 is 12.0 Å². The summed E-state index contributed by atoms with van der Waals surface area (Å²) in [6, 6.07) is -0.720. The van der Waals surface area contributed by atoms with Crippen molar-refractivity contribution in [2.45, 2.75) is 33.2 Å². The molecule has 0 aliphatic rings. The highest BCUT2D eigenvalue weighted by Crippen LogP contribution is 2.11. The van der Waals surface area contributed by atoms with Gasteiger partial charge in [-0.25, -0.2) is 4.79 Å². The van der Waals surface area contributed by atoms with E-state index in [1.165, 1.54) is 0 Å². The molecule has 104 valence electrons. The summed E-state index contributed by atoms with van der Waals surface area (Å²) in [6.45, 7) is 9.30. The van der Waals surface area contributed by atoms with Gasteiger partial charge in [0.15, 0.2) is 0 Å². The van der Waals surface area contributed by atoms with Gasteiger partial charge in [-0.15, -0.1) is 0 Å². The van der Waals surface area contributed by atoms with Crippen LogP contribution in [0.25, 0.3) is 0 Å². The van der Waals surface area contributed by atoms with E-state index in [1.54, 1.807) is 18.2 Å². The van der Waals surface area contributed by atoms with E-state index in [4.69, 9.17) is 0 Å². The zero-order valence-electron chi connectivity index (χ0n) is 11.9. The third-order valence-corrected chi connectivity index (χ3v) is 2.56. The molecule has 0 bridgehead atoms. The second kappa shape index (κ2) is 9.95. The van der Waals surface area contributed by atoms with E-state index in [-0.39, 0.29) is 0 Å². The van der Waals surface area contributed by atoms with Gasteiger partial charge in [-0.05, 0) is 31.9 Å². The number of hydrogen-bond acceptors (Lipinski definition) is 2. The molecule has 0 aliphatic heterocycles. The van der Waals surface area contributed by atoms with Gasteiger partial charge in [0.2, 0.25) is 0 Å². The number of carbonyl (C=O) groups is 1. The van der Waals surface area contributed by atoms with E-state index in [1.807, 2.05) is 45.1 Å². The predicted molar refractivity (Wildman–Crippen MR) is 80.8 cm³/mol. The van der Waals surface area contributed by atoms with Crippen LogP contribution in [0.2, 0.25) is 0 Å². The Bertz CT molecular complexity index is 414. The fourth-order valence-electron chi connectivity index (χ4n) is 1.52. The Morgan fingerprint density at radius 2 is 2.05 bits per heavy atom. The molecule has 0 aromatic rings. The van der Waals surface area contributed by atoms with Gasteiger partial charge in [-0.2, -0.15) is 0 Å². The number of hydrogen-bond donors (Lipinski definition) is 2. The van der Waals surface area contributed by atoms with Crippen LogP contribution in [0.4, 0.5) is 0 Å². The van der Waals surface area contributed by atoms with Gasteiger partial charge in [-0.3, -0.25) is 0 Å². The minimum absolute atomic E-state index is 0.677. The molecule has 0 unspecified atom stereocenters. The van der Waals surface area contributed by atoms with E-state index in [0.29, 0.717) is 6.42 Å². The molecule has 19 heavy (non-hydrogen) atoms. The largest absolute Gasteiger partial charge is 0.479 e. The van der Waals surface area contributed by atoms with Crippen molar-refractivity contribution >= 4 is 5.97 Å². The van der Waals surface area contributed by atoms with E-state index in [0.717, 1.165) is 11.3 Å². The van der Waals surface area contributed by atoms with Gasteiger partial charge in [0, 0.05) is 5.70 Å². The number of aliphatic carboxylic acids is 1. The lowest BCUT2D eigenvalue weighted by Gasteiger charge is -2.18. The Morgan fingerprint density at radius 1 is 1.37 bits per heavy atom. The molecule has 1 atom stereocenters. The summed E-state index contributed by atoms with van der Waals surface area (Å²) in [5.74, 6) is -0.885. The molecule has 0 aromatic heterocycles. The highest BCUT2D eigenvalue weighted by molar-refractivity contribution is 5.78. The average Bonchev–Trinajstić information content (AvgIpc) is 2.41. The van der Waals surface area contributed by atoms with E-state index in [9.17, 15) is 9.90 Å². The molecule has 0 rings (SSSR count). The summed E-state index contributed by atoms with van der Waals surface area (Å²) in [5, 5.41) is 12.4. The lowest BCUT2D eigenvalue weighted by atomic mass is 10.0. The third kappa shape index (κ3) is 6.46.